The standard InChI is InChI=1S/C27H33N9O3/c1-3-30-26(37)22-10-24(34-27(33-22)39-16-20-8-18(20)11-28)36-6-4-17(5-7-36)15-38-23-9-19(12-31-25(23)29)21-13-32-35(2)14-21/h9-10,12-14,17-18,20H,3-8,15-16H2,1-2H3,(H2,29,31)(H,30,37)/t18-,20+/m0/s1. The lowest BCUT2D eigenvalue weighted by Crippen LogP contribution is -2.36. The van der Waals surface area contributed by atoms with Gasteiger partial charge in [-0.05, 0) is 38.2 Å². The van der Waals surface area contributed by atoms with Crippen molar-refractivity contribution in [2.24, 2.45) is 24.8 Å². The Kier molecular flexibility index (Phi) is 7.76. The number of nitrogens with two attached hydrogens (primary N) is 1. The van der Waals surface area contributed by atoms with Crippen molar-refractivity contribution in [2.75, 3.05) is 43.5 Å². The van der Waals surface area contributed by atoms with Gasteiger partial charge in [0, 0.05) is 62.2 Å². The molecule has 2 atom stereocenters. The topological polar surface area (TPSA) is 157 Å². The van der Waals surface area contributed by atoms with Crippen molar-refractivity contribution < 1.29 is 14.3 Å². The summed E-state index contributed by atoms with van der Waals surface area (Å²) in [6, 6.07) is 6.03. The Balaban J connectivity index is 1.20. The minimum atomic E-state index is -0.268. The van der Waals surface area contributed by atoms with Crippen molar-refractivity contribution in [3.63, 3.8) is 0 Å². The first-order chi connectivity index (χ1) is 18.9. The predicted octanol–water partition coefficient (Wildman–Crippen LogP) is 2.44. The molecule has 1 amide bonds. The first-order valence-corrected chi connectivity index (χ1v) is 13.3. The molecule has 3 aromatic heterocycles. The third kappa shape index (κ3) is 6.37. The molecule has 0 spiro atoms. The van der Waals surface area contributed by atoms with Gasteiger partial charge in [-0.15, -0.1) is 0 Å². The average molecular weight is 532 g/mol. The van der Waals surface area contributed by atoms with E-state index in [0.29, 0.717) is 43.1 Å². The number of hydrogen-bond donors (Lipinski definition) is 2. The summed E-state index contributed by atoms with van der Waals surface area (Å²) in [6.07, 6.45) is 8.02. The van der Waals surface area contributed by atoms with Crippen molar-refractivity contribution in [3.8, 4) is 29.0 Å². The largest absolute Gasteiger partial charge is 0.489 e. The fraction of sp³-hybridized carbons (Fsp3) is 0.481. The number of carbonyl (C=O) groups is 1. The number of ether oxygens (including phenoxy) is 2. The highest BCUT2D eigenvalue weighted by molar-refractivity contribution is 5.93. The Bertz CT molecular complexity index is 1360. The molecule has 12 nitrogen and oxygen atoms in total. The predicted molar refractivity (Wildman–Crippen MR) is 144 cm³/mol. The Morgan fingerprint density at radius 2 is 2.00 bits per heavy atom. The number of nitriles is 1. The van der Waals surface area contributed by atoms with E-state index in [1.807, 2.05) is 26.2 Å². The summed E-state index contributed by atoms with van der Waals surface area (Å²) in [7, 11) is 1.87. The van der Waals surface area contributed by atoms with Crippen LogP contribution in [0.15, 0.2) is 30.7 Å². The maximum atomic E-state index is 12.5. The molecule has 4 heterocycles. The second-order valence-corrected chi connectivity index (χ2v) is 10.0. The summed E-state index contributed by atoms with van der Waals surface area (Å²) in [5.41, 5.74) is 8.20. The normalized spacial score (nSPS) is 18.8. The van der Waals surface area contributed by atoms with Crippen LogP contribution in [0.1, 0.15) is 36.7 Å². The van der Waals surface area contributed by atoms with Gasteiger partial charge in [0.1, 0.15) is 11.5 Å². The number of nitrogens with zero attached hydrogens (tertiary/aromatic N) is 7. The van der Waals surface area contributed by atoms with E-state index in [1.165, 1.54) is 0 Å². The number of aromatic nitrogens is 5. The molecule has 1 aliphatic carbocycles. The van der Waals surface area contributed by atoms with Gasteiger partial charge in [-0.2, -0.15) is 20.3 Å². The Labute approximate surface area is 227 Å². The van der Waals surface area contributed by atoms with Crippen LogP contribution in [0.25, 0.3) is 11.1 Å². The van der Waals surface area contributed by atoms with Gasteiger partial charge in [0.25, 0.3) is 5.91 Å². The molecule has 204 valence electrons. The highest BCUT2D eigenvalue weighted by Gasteiger charge is 2.38. The first-order valence-electron chi connectivity index (χ1n) is 13.3. The van der Waals surface area contributed by atoms with Gasteiger partial charge in [-0.1, -0.05) is 0 Å². The van der Waals surface area contributed by atoms with Crippen LogP contribution >= 0.6 is 0 Å². The zero-order chi connectivity index (χ0) is 27.4. The number of nitrogens with one attached hydrogen (secondary N) is 1. The van der Waals surface area contributed by atoms with Gasteiger partial charge in [-0.3, -0.25) is 9.48 Å². The molecule has 0 aromatic carbocycles. The Morgan fingerprint density at radius 3 is 2.69 bits per heavy atom. The highest BCUT2D eigenvalue weighted by Crippen LogP contribution is 2.38. The van der Waals surface area contributed by atoms with Crippen LogP contribution in [0.5, 0.6) is 11.8 Å². The molecular formula is C27H33N9O3. The first kappa shape index (κ1) is 26.2. The summed E-state index contributed by atoms with van der Waals surface area (Å²) in [6.45, 7) is 4.76. The molecular weight excluding hydrogens is 498 g/mol. The van der Waals surface area contributed by atoms with Crippen LogP contribution in [0.4, 0.5) is 11.6 Å². The monoisotopic (exact) mass is 531 g/mol. The third-order valence-electron chi connectivity index (χ3n) is 7.11. The number of pyridine rings is 1. The van der Waals surface area contributed by atoms with Crippen LogP contribution in [-0.2, 0) is 7.05 Å². The molecule has 0 radical (unpaired) electrons. The molecule has 2 aliphatic rings. The number of anilines is 2. The van der Waals surface area contributed by atoms with Crippen LogP contribution in [0.2, 0.25) is 0 Å². The van der Waals surface area contributed by atoms with Gasteiger partial charge in [0.15, 0.2) is 11.6 Å². The van der Waals surface area contributed by atoms with Gasteiger partial charge in [0.05, 0.1) is 31.4 Å². The summed E-state index contributed by atoms with van der Waals surface area (Å²) in [5.74, 6) is 1.87. The zero-order valence-electron chi connectivity index (χ0n) is 22.2. The second kappa shape index (κ2) is 11.6. The van der Waals surface area contributed by atoms with E-state index >= 15 is 0 Å². The van der Waals surface area contributed by atoms with Crippen molar-refractivity contribution in [2.45, 2.75) is 26.2 Å². The quantitative estimate of drug-likeness (QED) is 0.398. The average Bonchev–Trinajstić information content (AvgIpc) is 3.59. The lowest BCUT2D eigenvalue weighted by atomic mass is 9.98. The highest BCUT2D eigenvalue weighted by atomic mass is 16.5. The van der Waals surface area contributed by atoms with Crippen molar-refractivity contribution in [1.82, 2.24) is 30.0 Å². The molecule has 3 N–H and O–H groups in total. The van der Waals surface area contributed by atoms with E-state index in [4.69, 9.17) is 20.5 Å². The van der Waals surface area contributed by atoms with Crippen LogP contribution in [-0.4, -0.2) is 63.5 Å². The Morgan fingerprint density at radius 1 is 1.18 bits per heavy atom. The lowest BCUT2D eigenvalue weighted by molar-refractivity contribution is 0.0949. The number of aryl methyl sites for hydroxylation is 1. The Hall–Kier alpha value is -4.40. The van der Waals surface area contributed by atoms with E-state index in [2.05, 4.69) is 36.3 Å². The fourth-order valence-corrected chi connectivity index (χ4v) is 4.61. The summed E-state index contributed by atoms with van der Waals surface area (Å²) in [5, 5.41) is 16.0. The minimum absolute atomic E-state index is 0.0289. The van der Waals surface area contributed by atoms with E-state index in [1.54, 1.807) is 23.1 Å². The number of rotatable bonds is 10. The van der Waals surface area contributed by atoms with Crippen molar-refractivity contribution >= 4 is 17.5 Å². The molecule has 3 aromatic rings. The summed E-state index contributed by atoms with van der Waals surface area (Å²) in [4.78, 5) is 27.9. The van der Waals surface area contributed by atoms with Gasteiger partial charge in [0.2, 0.25) is 0 Å². The molecule has 12 heteroatoms. The zero-order valence-corrected chi connectivity index (χ0v) is 22.2. The SMILES string of the molecule is CCNC(=O)c1cc(N2CCC(COc3cc(-c4cnn(C)c4)cnc3N)CC2)nc(OC[C@H]2C[C@H]2C#N)n1. The number of carbonyl (C=O) groups excluding carboxylic acids is 1. The number of piperidine rings is 1. The summed E-state index contributed by atoms with van der Waals surface area (Å²) >= 11 is 0. The van der Waals surface area contributed by atoms with E-state index in [0.717, 1.165) is 43.5 Å². The minimum Gasteiger partial charge on any atom is -0.489 e. The molecule has 2 fully saturated rings. The van der Waals surface area contributed by atoms with Crippen molar-refractivity contribution in [1.29, 1.82) is 5.26 Å². The molecule has 1 saturated carbocycles. The summed E-state index contributed by atoms with van der Waals surface area (Å²) < 4.78 is 13.6. The maximum Gasteiger partial charge on any atom is 0.319 e. The molecule has 0 bridgehead atoms. The number of amides is 1. The lowest BCUT2D eigenvalue weighted by Gasteiger charge is -2.33. The van der Waals surface area contributed by atoms with E-state index in [9.17, 15) is 4.79 Å². The maximum absolute atomic E-state index is 12.5. The molecule has 5 rings (SSSR count). The second-order valence-electron chi connectivity index (χ2n) is 10.0. The number of hydrogen-bond acceptors (Lipinski definition) is 10. The van der Waals surface area contributed by atoms with Crippen LogP contribution < -0.4 is 25.4 Å². The molecule has 1 saturated heterocycles. The van der Waals surface area contributed by atoms with E-state index < -0.39 is 0 Å². The van der Waals surface area contributed by atoms with Crippen LogP contribution in [0.3, 0.4) is 0 Å². The van der Waals surface area contributed by atoms with Gasteiger partial charge in [-0.25, -0.2) is 4.98 Å². The van der Waals surface area contributed by atoms with Gasteiger partial charge >= 0.3 is 6.01 Å². The molecule has 0 unspecified atom stereocenters. The molecule has 1 aliphatic heterocycles. The van der Waals surface area contributed by atoms with Crippen molar-refractivity contribution in [3.05, 3.63) is 36.4 Å². The number of nitrogen functional groups attached to an aromatic ring is 1. The third-order valence-corrected chi connectivity index (χ3v) is 7.11. The van der Waals surface area contributed by atoms with E-state index in [-0.39, 0.29) is 29.4 Å². The smallest absolute Gasteiger partial charge is 0.319 e. The van der Waals surface area contributed by atoms with Crippen LogP contribution in [0, 0.1) is 29.1 Å². The fourth-order valence-electron chi connectivity index (χ4n) is 4.61. The molecule has 39 heavy (non-hydrogen) atoms. The van der Waals surface area contributed by atoms with Gasteiger partial charge < -0.3 is 25.4 Å².